The van der Waals surface area contributed by atoms with Gasteiger partial charge in [0.2, 0.25) is 17.7 Å². The molecule has 4 heterocycles. The van der Waals surface area contributed by atoms with E-state index in [1.165, 1.54) is 21.9 Å². The van der Waals surface area contributed by atoms with E-state index in [0.717, 1.165) is 53.7 Å². The number of aliphatic hydroxyl groups is 1. The fraction of sp³-hybridized carbons (Fsp3) is 0.481. The summed E-state index contributed by atoms with van der Waals surface area (Å²) in [5.41, 5.74) is 2.98. The summed E-state index contributed by atoms with van der Waals surface area (Å²) < 4.78 is 40.9. The van der Waals surface area contributed by atoms with E-state index in [9.17, 15) is 38.3 Å². The summed E-state index contributed by atoms with van der Waals surface area (Å²) in [5.74, 6) is -4.17. The van der Waals surface area contributed by atoms with Crippen LogP contribution >= 0.6 is 23.6 Å². The Labute approximate surface area is 423 Å². The van der Waals surface area contributed by atoms with Gasteiger partial charge in [-0.3, -0.25) is 24.1 Å². The lowest BCUT2D eigenvalue weighted by atomic mass is 9.85. The highest BCUT2D eigenvalue weighted by atomic mass is 32.1. The number of nitrogens with zero attached hydrogens (tertiary/aromatic N) is 6. The first kappa shape index (κ1) is 52.9. The van der Waals surface area contributed by atoms with Crippen molar-refractivity contribution in [2.24, 2.45) is 5.41 Å². The normalized spacial score (nSPS) is 19.2. The summed E-state index contributed by atoms with van der Waals surface area (Å²) in [6.45, 7) is 14.5. The SMILES string of the molecule is Cc1ncsc1-c1ccc(CNC(=O)[C@@H]2C[C@@H](O)CN2C(=O)[C@@H](NC(=O)CCN2CCC(OCCOc3ccc(N4C(=S)N(c5ccc(C#N)c(C(C)(F)F)c5)C(=O)C4(C)C)cc3)CC2)C(C)(C)C)cc1. The number of rotatable bonds is 17. The molecule has 3 saturated heterocycles. The van der Waals surface area contributed by atoms with Crippen LogP contribution in [0, 0.1) is 23.7 Å². The number of aromatic nitrogens is 1. The molecule has 3 aliphatic rings. The number of benzene rings is 3. The van der Waals surface area contributed by atoms with Crippen molar-refractivity contribution in [3.8, 4) is 22.3 Å². The Kier molecular flexibility index (Phi) is 16.3. The largest absolute Gasteiger partial charge is 0.491 e. The summed E-state index contributed by atoms with van der Waals surface area (Å²) in [4.78, 5) is 66.6. The number of nitrogens with one attached hydrogen (secondary N) is 2. The van der Waals surface area contributed by atoms with Gasteiger partial charge in [-0.2, -0.15) is 5.26 Å². The van der Waals surface area contributed by atoms with Crippen molar-refractivity contribution < 1.29 is 42.5 Å². The number of hydrogen-bond acceptors (Lipinski definition) is 12. The standard InChI is InChI=1S/C52H62F2N8O7S2/c1-32-44(71-31-57-32)34-10-8-33(9-11-34)29-56-46(65)42-27-38(63)30-60(42)47(66)45(50(2,3)4)58-43(64)20-23-59-21-18-40(19-22-59)69-25-24-68-39-16-14-36(15-17-39)62-49(70)61(48(67)51(62,5)6)37-13-12-35(28-55)41(26-37)52(7,53)54/h8-17,26,31,38,40,42,45,63H,18-25,27,29-30H2,1-7H3,(H,56,65)(H,58,64)/t38-,42+,45-/m1/s1. The van der Waals surface area contributed by atoms with E-state index in [1.54, 1.807) is 60.4 Å². The molecule has 15 nitrogen and oxygen atoms in total. The lowest BCUT2D eigenvalue weighted by molar-refractivity contribution is -0.144. The number of likely N-dealkylation sites (tertiary alicyclic amines) is 2. The molecule has 0 unspecified atom stereocenters. The molecular weight excluding hydrogens is 951 g/mol. The van der Waals surface area contributed by atoms with E-state index in [1.807, 2.05) is 57.5 Å². The Bertz CT molecular complexity index is 2640. The predicted molar refractivity (Wildman–Crippen MR) is 271 cm³/mol. The number of thiocarbonyl (C=S) groups is 1. The molecule has 0 spiro atoms. The van der Waals surface area contributed by atoms with Crippen LogP contribution in [0.15, 0.2) is 72.2 Å². The zero-order chi connectivity index (χ0) is 51.4. The Morgan fingerprint density at radius 2 is 1.69 bits per heavy atom. The molecule has 3 aromatic carbocycles. The van der Waals surface area contributed by atoms with Gasteiger partial charge in [0.05, 0.1) is 52.2 Å². The van der Waals surface area contributed by atoms with E-state index < -0.39 is 52.4 Å². The fourth-order valence-electron chi connectivity index (χ4n) is 9.23. The summed E-state index contributed by atoms with van der Waals surface area (Å²) in [5, 5.41) is 26.0. The maximum absolute atomic E-state index is 14.4. The highest BCUT2D eigenvalue weighted by Crippen LogP contribution is 2.40. The number of aliphatic hydroxyl groups excluding tert-OH is 1. The second-order valence-corrected chi connectivity index (χ2v) is 21.2. The van der Waals surface area contributed by atoms with Crippen molar-refractivity contribution in [1.82, 2.24) is 25.4 Å². The average Bonchev–Trinajstić information content (AvgIpc) is 4.00. The van der Waals surface area contributed by atoms with Gasteiger partial charge >= 0.3 is 0 Å². The third kappa shape index (κ3) is 12.2. The second kappa shape index (κ2) is 21.8. The van der Waals surface area contributed by atoms with Crippen LogP contribution in [0.25, 0.3) is 10.4 Å². The first-order chi connectivity index (χ1) is 33.6. The number of aryl methyl sites for hydroxylation is 1. The van der Waals surface area contributed by atoms with Gasteiger partial charge in [0.1, 0.15) is 30.0 Å². The number of nitriles is 1. The van der Waals surface area contributed by atoms with Gasteiger partial charge in [-0.05, 0) is 105 Å². The van der Waals surface area contributed by atoms with Crippen LogP contribution < -0.4 is 25.2 Å². The number of ether oxygens (including phenoxy) is 2. The number of hydrogen-bond donors (Lipinski definition) is 3. The van der Waals surface area contributed by atoms with E-state index in [2.05, 4.69) is 20.5 Å². The highest BCUT2D eigenvalue weighted by molar-refractivity contribution is 7.81. The van der Waals surface area contributed by atoms with Crippen LogP contribution in [0.1, 0.15) is 89.6 Å². The molecular formula is C52H62F2N8O7S2. The van der Waals surface area contributed by atoms with Gasteiger partial charge in [-0.15, -0.1) is 11.3 Å². The van der Waals surface area contributed by atoms with Crippen LogP contribution in [-0.4, -0.2) is 118 Å². The number of amides is 4. The van der Waals surface area contributed by atoms with E-state index >= 15 is 0 Å². The number of thiazole rings is 1. The van der Waals surface area contributed by atoms with Crippen molar-refractivity contribution >= 4 is 63.7 Å². The Hall–Kier alpha value is -5.91. The second-order valence-electron chi connectivity index (χ2n) is 20.0. The Morgan fingerprint density at radius 1 is 1.01 bits per heavy atom. The topological polar surface area (TPSA) is 181 Å². The highest BCUT2D eigenvalue weighted by Gasteiger charge is 2.51. The van der Waals surface area contributed by atoms with Crippen LogP contribution in [0.4, 0.5) is 20.2 Å². The van der Waals surface area contributed by atoms with Gasteiger partial charge in [-0.25, -0.2) is 13.8 Å². The monoisotopic (exact) mass is 1010 g/mol. The first-order valence-corrected chi connectivity index (χ1v) is 25.1. The van der Waals surface area contributed by atoms with Gasteiger partial charge in [-0.1, -0.05) is 45.0 Å². The van der Waals surface area contributed by atoms with Gasteiger partial charge in [0.25, 0.3) is 11.8 Å². The lowest BCUT2D eigenvalue weighted by Crippen LogP contribution is -2.58. The summed E-state index contributed by atoms with van der Waals surface area (Å²) in [6, 6.07) is 18.8. The third-order valence-electron chi connectivity index (χ3n) is 13.2. The van der Waals surface area contributed by atoms with Gasteiger partial charge in [0, 0.05) is 63.7 Å². The van der Waals surface area contributed by atoms with Crippen molar-refractivity contribution in [1.29, 1.82) is 5.26 Å². The lowest BCUT2D eigenvalue weighted by Gasteiger charge is -2.36. The molecule has 3 aliphatic heterocycles. The van der Waals surface area contributed by atoms with E-state index in [-0.39, 0.29) is 60.2 Å². The molecule has 3 atom stereocenters. The maximum Gasteiger partial charge on any atom is 0.271 e. The van der Waals surface area contributed by atoms with Crippen molar-refractivity contribution in [2.75, 3.05) is 49.2 Å². The number of β-amino-alcohol motifs (C(OH)–C–C–N with tert-alkyl or cyclic N) is 1. The summed E-state index contributed by atoms with van der Waals surface area (Å²) in [6.07, 6.45) is 0.969. The molecule has 0 saturated carbocycles. The number of anilines is 2. The third-order valence-corrected chi connectivity index (χ3v) is 14.6. The zero-order valence-electron chi connectivity index (χ0n) is 41.2. The number of carbonyl (C=O) groups is 4. The van der Waals surface area contributed by atoms with Crippen molar-refractivity contribution in [3.63, 3.8) is 0 Å². The van der Waals surface area contributed by atoms with Crippen molar-refractivity contribution in [2.45, 2.75) is 116 Å². The van der Waals surface area contributed by atoms with Crippen LogP contribution in [-0.2, 0) is 36.4 Å². The number of alkyl halides is 2. The summed E-state index contributed by atoms with van der Waals surface area (Å²) >= 11 is 7.31. The van der Waals surface area contributed by atoms with Crippen LogP contribution in [0.5, 0.6) is 5.75 Å². The molecule has 378 valence electrons. The molecule has 1 aromatic heterocycles. The molecule has 7 rings (SSSR count). The molecule has 3 N–H and O–H groups in total. The van der Waals surface area contributed by atoms with Crippen LogP contribution in [0.3, 0.4) is 0 Å². The molecule has 0 bridgehead atoms. The molecule has 19 heteroatoms. The maximum atomic E-state index is 14.4. The molecule has 3 fully saturated rings. The number of piperidine rings is 1. The molecule has 0 radical (unpaired) electrons. The Morgan fingerprint density at radius 3 is 2.31 bits per heavy atom. The van der Waals surface area contributed by atoms with Gasteiger partial charge < -0.3 is 39.9 Å². The quantitative estimate of drug-likeness (QED) is 0.0724. The molecule has 4 aromatic rings. The average molecular weight is 1010 g/mol. The molecule has 71 heavy (non-hydrogen) atoms. The van der Waals surface area contributed by atoms with Gasteiger partial charge in [0.15, 0.2) is 5.11 Å². The van der Waals surface area contributed by atoms with E-state index in [4.69, 9.17) is 21.7 Å². The zero-order valence-corrected chi connectivity index (χ0v) is 42.8. The minimum atomic E-state index is -3.31. The molecule has 0 aliphatic carbocycles. The van der Waals surface area contributed by atoms with E-state index in [0.29, 0.717) is 38.1 Å². The first-order valence-electron chi connectivity index (χ1n) is 23.8. The number of carbonyl (C=O) groups excluding carboxylic acids is 4. The molecule has 4 amide bonds. The van der Waals surface area contributed by atoms with Crippen LogP contribution in [0.2, 0.25) is 0 Å². The predicted octanol–water partition coefficient (Wildman–Crippen LogP) is 7.08. The smallest absolute Gasteiger partial charge is 0.271 e. The minimum absolute atomic E-state index is 0.00418. The Balaban J connectivity index is 0.828. The minimum Gasteiger partial charge on any atom is -0.491 e. The summed E-state index contributed by atoms with van der Waals surface area (Å²) in [7, 11) is 0. The number of halogens is 2. The fourth-order valence-corrected chi connectivity index (χ4v) is 10.6. The van der Waals surface area contributed by atoms with Crippen molar-refractivity contribution in [3.05, 3.63) is 94.6 Å².